The average Bonchev–Trinajstić information content (AvgIpc) is 3.91. The van der Waals surface area contributed by atoms with E-state index in [9.17, 15) is 31.8 Å². The molecule has 0 bridgehead atoms. The van der Waals surface area contributed by atoms with Gasteiger partial charge in [0.25, 0.3) is 20.0 Å². The van der Waals surface area contributed by atoms with E-state index in [2.05, 4.69) is 61.3 Å². The number of aromatic hydroxyl groups is 2. The SMILES string of the molecule is O=C(Nc1ccc2c(O)cc(S(=O)(=O)Nc3ccc(-c4nnn[nH]4)cc3)cc2c1)Nc1ccc2c(O)cc(S(=O)(=O)Nc3ccc(-c4nnn[nH]4)cc3)cc2c1. The number of amides is 2. The van der Waals surface area contributed by atoms with Crippen molar-refractivity contribution >= 4 is 70.4 Å². The minimum Gasteiger partial charge on any atom is -0.507 e. The number of aromatic amines is 2. The number of tetrazole rings is 2. The van der Waals surface area contributed by atoms with E-state index in [0.29, 0.717) is 44.3 Å². The molecule has 2 heterocycles. The Bertz CT molecular complexity index is 2780. The van der Waals surface area contributed by atoms with Crippen molar-refractivity contribution in [2.75, 3.05) is 20.1 Å². The van der Waals surface area contributed by atoms with Gasteiger partial charge in [-0.1, -0.05) is 0 Å². The number of hydrogen-bond acceptors (Lipinski definition) is 13. The number of phenols is 2. The highest BCUT2D eigenvalue weighted by Gasteiger charge is 2.20. The lowest BCUT2D eigenvalue weighted by Gasteiger charge is -2.13. The summed E-state index contributed by atoms with van der Waals surface area (Å²) in [5.74, 6) is 0.239. The first kappa shape index (κ1) is 35.4. The number of nitrogens with one attached hydrogen (secondary N) is 6. The van der Waals surface area contributed by atoms with Gasteiger partial charge < -0.3 is 20.8 Å². The van der Waals surface area contributed by atoms with Crippen molar-refractivity contribution in [3.8, 4) is 34.3 Å². The number of aromatic nitrogens is 8. The second-order valence-electron chi connectivity index (χ2n) is 12.2. The molecule has 8 N–H and O–H groups in total. The molecule has 0 atom stereocenters. The summed E-state index contributed by atoms with van der Waals surface area (Å²) in [5, 5.41) is 55.0. The Balaban J connectivity index is 0.969. The topological polar surface area (TPSA) is 283 Å². The van der Waals surface area contributed by atoms with Gasteiger partial charge in [0.05, 0.1) is 9.79 Å². The molecule has 0 radical (unpaired) electrons. The van der Waals surface area contributed by atoms with E-state index in [1.54, 1.807) is 24.3 Å². The van der Waals surface area contributed by atoms with Crippen molar-refractivity contribution in [1.82, 2.24) is 41.2 Å². The largest absolute Gasteiger partial charge is 0.507 e. The molecule has 19 nitrogen and oxygen atoms in total. The third-order valence-corrected chi connectivity index (χ3v) is 11.2. The van der Waals surface area contributed by atoms with Crippen LogP contribution in [-0.4, -0.2) is 74.3 Å². The molecule has 8 rings (SSSR count). The van der Waals surface area contributed by atoms with E-state index in [0.717, 1.165) is 12.1 Å². The molecule has 0 saturated carbocycles. The van der Waals surface area contributed by atoms with Crippen LogP contribution in [0.5, 0.6) is 11.5 Å². The summed E-state index contributed by atoms with van der Waals surface area (Å²) < 4.78 is 58.1. The van der Waals surface area contributed by atoms with Gasteiger partial charge in [0.2, 0.25) is 0 Å². The first-order valence-electron chi connectivity index (χ1n) is 16.3. The van der Waals surface area contributed by atoms with Crippen LogP contribution in [0, 0.1) is 0 Å². The molecule has 0 aliphatic rings. The Kier molecular flexibility index (Phi) is 8.82. The molecule has 6 aromatic carbocycles. The third kappa shape index (κ3) is 7.29. The van der Waals surface area contributed by atoms with Crippen molar-refractivity contribution in [3.63, 3.8) is 0 Å². The van der Waals surface area contributed by atoms with E-state index in [1.165, 1.54) is 72.8 Å². The maximum atomic E-state index is 13.3. The minimum atomic E-state index is -4.15. The summed E-state index contributed by atoms with van der Waals surface area (Å²) in [6, 6.07) is 26.1. The summed E-state index contributed by atoms with van der Waals surface area (Å²) in [5.41, 5.74) is 2.35. The van der Waals surface area contributed by atoms with Gasteiger partial charge in [-0.2, -0.15) is 0 Å². The molecule has 280 valence electrons. The molecule has 2 aromatic heterocycles. The second kappa shape index (κ2) is 14.0. The van der Waals surface area contributed by atoms with E-state index in [1.807, 2.05) is 0 Å². The summed E-state index contributed by atoms with van der Waals surface area (Å²) in [4.78, 5) is 12.6. The average molecular weight is 791 g/mol. The van der Waals surface area contributed by atoms with Gasteiger partial charge in [-0.25, -0.2) is 31.8 Å². The molecule has 0 saturated heterocycles. The third-order valence-electron chi connectivity index (χ3n) is 8.46. The molecule has 0 fully saturated rings. The smallest absolute Gasteiger partial charge is 0.323 e. The molecule has 2 amide bonds. The van der Waals surface area contributed by atoms with Crippen LogP contribution in [0.1, 0.15) is 0 Å². The van der Waals surface area contributed by atoms with Crippen molar-refractivity contribution in [3.05, 3.63) is 109 Å². The second-order valence-corrected chi connectivity index (χ2v) is 15.6. The standard InChI is InChI=1S/C35H26N12O7S2/c48-31-17-27(55(51,52)42-23-5-1-19(2-6-23)33-38-44-45-39-33)15-21-13-25(9-11-29(21)31)36-35(50)37-26-10-12-30-22(14-26)16-28(18-32(30)49)56(53,54)43-24-7-3-20(4-8-24)34-40-46-47-41-34/h1-18,42-43,48-49H,(H2,36,37,50)(H,38,39,44,45)(H,40,41,46,47). The Morgan fingerprint density at radius 3 is 1.29 bits per heavy atom. The van der Waals surface area contributed by atoms with Crippen molar-refractivity contribution in [2.45, 2.75) is 9.79 Å². The number of carbonyl (C=O) groups excluding carboxylic acids is 1. The highest BCUT2D eigenvalue weighted by molar-refractivity contribution is 7.93. The van der Waals surface area contributed by atoms with E-state index in [4.69, 9.17) is 0 Å². The van der Waals surface area contributed by atoms with Crippen molar-refractivity contribution < 1.29 is 31.8 Å². The van der Waals surface area contributed by atoms with Gasteiger partial charge in [0.15, 0.2) is 11.6 Å². The molecule has 0 aliphatic carbocycles. The number of H-pyrrole nitrogens is 2. The number of carbonyl (C=O) groups is 1. The Morgan fingerprint density at radius 1 is 0.518 bits per heavy atom. The zero-order valence-corrected chi connectivity index (χ0v) is 30.0. The van der Waals surface area contributed by atoms with Gasteiger partial charge in [-0.05, 0) is 129 Å². The number of phenolic OH excluding ortho intramolecular Hbond substituents is 2. The van der Waals surface area contributed by atoms with Gasteiger partial charge in [0.1, 0.15) is 11.5 Å². The van der Waals surface area contributed by atoms with Gasteiger partial charge in [0, 0.05) is 56.8 Å². The van der Waals surface area contributed by atoms with Gasteiger partial charge in [-0.3, -0.25) is 9.44 Å². The number of nitrogens with zero attached hydrogens (tertiary/aromatic N) is 6. The van der Waals surface area contributed by atoms with Crippen molar-refractivity contribution in [1.29, 1.82) is 0 Å². The number of benzene rings is 6. The van der Waals surface area contributed by atoms with Crippen LogP contribution in [0.2, 0.25) is 0 Å². The predicted octanol–water partition coefficient (Wildman–Crippen LogP) is 5.01. The van der Waals surface area contributed by atoms with Crippen molar-refractivity contribution in [2.24, 2.45) is 0 Å². The summed E-state index contributed by atoms with van der Waals surface area (Å²) in [6.45, 7) is 0. The quantitative estimate of drug-likeness (QED) is 0.0905. The number of rotatable bonds is 10. The van der Waals surface area contributed by atoms with Crippen LogP contribution in [0.4, 0.5) is 27.5 Å². The molecule has 56 heavy (non-hydrogen) atoms. The normalized spacial score (nSPS) is 11.7. The number of fused-ring (bicyclic) bond motifs is 2. The van der Waals surface area contributed by atoms with E-state index >= 15 is 0 Å². The maximum Gasteiger partial charge on any atom is 0.323 e. The fourth-order valence-electron chi connectivity index (χ4n) is 5.79. The van der Waals surface area contributed by atoms with Crippen LogP contribution in [0.25, 0.3) is 44.3 Å². The fraction of sp³-hybridized carbons (Fsp3) is 0. The van der Waals surface area contributed by atoms with Gasteiger partial charge in [-0.15, -0.1) is 10.2 Å². The van der Waals surface area contributed by atoms with Crippen LogP contribution in [0.3, 0.4) is 0 Å². The number of sulfonamides is 2. The van der Waals surface area contributed by atoms with E-state index < -0.39 is 26.1 Å². The number of urea groups is 1. The van der Waals surface area contributed by atoms with Crippen LogP contribution >= 0.6 is 0 Å². The summed E-state index contributed by atoms with van der Waals surface area (Å²) in [6.07, 6.45) is 0. The zero-order chi connectivity index (χ0) is 39.0. The molecular weight excluding hydrogens is 765 g/mol. The number of anilines is 4. The van der Waals surface area contributed by atoms with Crippen LogP contribution < -0.4 is 20.1 Å². The lowest BCUT2D eigenvalue weighted by molar-refractivity contribution is 0.262. The molecule has 21 heteroatoms. The molecular formula is C35H26N12O7S2. The lowest BCUT2D eigenvalue weighted by atomic mass is 10.1. The monoisotopic (exact) mass is 790 g/mol. The number of hydrogen-bond donors (Lipinski definition) is 8. The first-order valence-corrected chi connectivity index (χ1v) is 19.2. The first-order chi connectivity index (χ1) is 26.9. The van der Waals surface area contributed by atoms with Crippen LogP contribution in [0.15, 0.2) is 119 Å². The lowest BCUT2D eigenvalue weighted by Crippen LogP contribution is -2.19. The Hall–Kier alpha value is -7.65. The molecule has 8 aromatic rings. The Morgan fingerprint density at radius 2 is 0.911 bits per heavy atom. The minimum absolute atomic E-state index is 0.220. The van der Waals surface area contributed by atoms with E-state index in [-0.39, 0.29) is 44.0 Å². The highest BCUT2D eigenvalue weighted by Crippen LogP contribution is 2.34. The molecule has 0 unspecified atom stereocenters. The van der Waals surface area contributed by atoms with Gasteiger partial charge >= 0.3 is 6.03 Å². The molecule has 0 aliphatic heterocycles. The maximum absolute atomic E-state index is 13.3. The predicted molar refractivity (Wildman–Crippen MR) is 205 cm³/mol. The fourth-order valence-corrected chi connectivity index (χ4v) is 8.01. The summed E-state index contributed by atoms with van der Waals surface area (Å²) >= 11 is 0. The zero-order valence-electron chi connectivity index (χ0n) is 28.3. The highest BCUT2D eigenvalue weighted by atomic mass is 32.2. The Labute approximate surface area is 315 Å². The van der Waals surface area contributed by atoms with Crippen LogP contribution in [-0.2, 0) is 20.0 Å². The summed E-state index contributed by atoms with van der Waals surface area (Å²) in [7, 11) is -8.31. The molecule has 0 spiro atoms.